The number of aryl methyl sites for hydroxylation is 1. The molecule has 2 N–H and O–H groups in total. The molecule has 0 saturated carbocycles. The van der Waals surface area contributed by atoms with Crippen molar-refractivity contribution < 1.29 is 32.7 Å². The fourth-order valence-electron chi connectivity index (χ4n) is 0.860. The number of rotatable bonds is 2. The van der Waals surface area contributed by atoms with Crippen LogP contribution in [0, 0.1) is 13.5 Å². The van der Waals surface area contributed by atoms with E-state index in [1.54, 1.807) is 6.54 Å². The molecule has 0 heterocycles. The first-order valence-electron chi connectivity index (χ1n) is 3.42. The summed E-state index contributed by atoms with van der Waals surface area (Å²) in [4.78, 5) is 0. The van der Waals surface area contributed by atoms with Crippen LogP contribution >= 0.6 is 0 Å². The zero-order valence-electron chi connectivity index (χ0n) is 6.75. The molecule has 1 aromatic rings. The third-order valence-electron chi connectivity index (χ3n) is 1.47. The minimum atomic E-state index is 0. The van der Waals surface area contributed by atoms with Gasteiger partial charge in [-0.25, -0.2) is 0 Å². The Morgan fingerprint density at radius 3 is 2.27 bits per heavy atom. The van der Waals surface area contributed by atoms with Gasteiger partial charge in [0.25, 0.3) is 0 Å². The van der Waals surface area contributed by atoms with Crippen LogP contribution in [0.1, 0.15) is 11.1 Å². The molecule has 0 saturated heterocycles. The van der Waals surface area contributed by atoms with Gasteiger partial charge in [-0.2, -0.15) is 0 Å². The van der Waals surface area contributed by atoms with E-state index in [1.807, 2.05) is 0 Å². The van der Waals surface area contributed by atoms with Crippen LogP contribution in [0.4, 0.5) is 0 Å². The van der Waals surface area contributed by atoms with Crippen molar-refractivity contribution in [3.8, 4) is 0 Å². The first-order chi connectivity index (χ1) is 4.83. The van der Waals surface area contributed by atoms with Crippen LogP contribution in [0.25, 0.3) is 0 Å². The van der Waals surface area contributed by atoms with E-state index in [0.29, 0.717) is 0 Å². The van der Waals surface area contributed by atoms with Crippen molar-refractivity contribution in [3.63, 3.8) is 0 Å². The van der Waals surface area contributed by atoms with Crippen molar-refractivity contribution in [2.45, 2.75) is 13.3 Å². The quantitative estimate of drug-likeness (QED) is 0.758. The Bertz CT molecular complexity index is 193. The van der Waals surface area contributed by atoms with Gasteiger partial charge in [0, 0.05) is 32.7 Å². The molecule has 0 atom stereocenters. The standard InChI is InChI=1S/C9H12N.Y/c1-8-2-4-9(5-3-8)6-7-10;/h2-5,7H,6,10H2,1H3;/q-1;. The normalized spacial score (nSPS) is 8.91. The smallest absolute Gasteiger partial charge is 0 e. The van der Waals surface area contributed by atoms with Crippen molar-refractivity contribution in [1.29, 1.82) is 0 Å². The molecular weight excluding hydrogens is 211 g/mol. The van der Waals surface area contributed by atoms with E-state index in [4.69, 9.17) is 5.73 Å². The van der Waals surface area contributed by atoms with Crippen LogP contribution in [0.3, 0.4) is 0 Å². The Kier molecular flexibility index (Phi) is 6.03. The van der Waals surface area contributed by atoms with Gasteiger partial charge in [0.15, 0.2) is 0 Å². The van der Waals surface area contributed by atoms with Gasteiger partial charge in [-0.15, -0.1) is 6.42 Å². The summed E-state index contributed by atoms with van der Waals surface area (Å²) < 4.78 is 0. The van der Waals surface area contributed by atoms with Gasteiger partial charge in [-0.1, -0.05) is 35.4 Å². The van der Waals surface area contributed by atoms with Crippen LogP contribution in [0.15, 0.2) is 24.3 Å². The van der Waals surface area contributed by atoms with E-state index in [-0.39, 0.29) is 32.7 Å². The molecule has 57 valence electrons. The maximum Gasteiger partial charge on any atom is 0 e. The summed E-state index contributed by atoms with van der Waals surface area (Å²) in [6, 6.07) is 8.38. The van der Waals surface area contributed by atoms with Crippen molar-refractivity contribution >= 4 is 0 Å². The Labute approximate surface area is 93.2 Å². The molecule has 0 spiro atoms. The number of nitrogens with two attached hydrogens (primary N) is 1. The van der Waals surface area contributed by atoms with Gasteiger partial charge in [0.05, 0.1) is 0 Å². The van der Waals surface area contributed by atoms with Crippen LogP contribution in [0.5, 0.6) is 0 Å². The average molecular weight is 223 g/mol. The summed E-state index contributed by atoms with van der Waals surface area (Å²) in [5, 5.41) is 0. The fourth-order valence-corrected chi connectivity index (χ4v) is 0.860. The molecule has 11 heavy (non-hydrogen) atoms. The maximum absolute atomic E-state index is 5.27. The van der Waals surface area contributed by atoms with E-state index < -0.39 is 0 Å². The Hall–Kier alpha value is 0.284. The molecule has 1 nitrogen and oxygen atoms in total. The molecule has 2 heteroatoms. The van der Waals surface area contributed by atoms with Crippen molar-refractivity contribution in [1.82, 2.24) is 0 Å². The van der Waals surface area contributed by atoms with E-state index in [0.717, 1.165) is 6.42 Å². The number of hydrogen-bond acceptors (Lipinski definition) is 1. The Morgan fingerprint density at radius 1 is 1.27 bits per heavy atom. The third kappa shape index (κ3) is 4.00. The summed E-state index contributed by atoms with van der Waals surface area (Å²) in [6.07, 6.45) is 0.861. The van der Waals surface area contributed by atoms with Gasteiger partial charge >= 0.3 is 0 Å². The topological polar surface area (TPSA) is 26.0 Å². The minimum Gasteiger partial charge on any atom is -0.483 e. The molecule has 0 aliphatic carbocycles. The summed E-state index contributed by atoms with van der Waals surface area (Å²) in [6.45, 7) is 3.75. The van der Waals surface area contributed by atoms with Gasteiger partial charge in [-0.05, 0) is 6.92 Å². The van der Waals surface area contributed by atoms with E-state index >= 15 is 0 Å². The first kappa shape index (κ1) is 11.3. The second kappa shape index (κ2) is 5.87. The van der Waals surface area contributed by atoms with Crippen molar-refractivity contribution in [3.05, 3.63) is 41.9 Å². The Balaban J connectivity index is 0.000001000. The van der Waals surface area contributed by atoms with Crippen LogP contribution in [-0.2, 0) is 39.1 Å². The maximum atomic E-state index is 5.27. The Morgan fingerprint density at radius 2 is 1.82 bits per heavy atom. The fraction of sp³-hybridized carbons (Fsp3) is 0.222. The summed E-state index contributed by atoms with van der Waals surface area (Å²) in [5.41, 5.74) is 7.84. The molecule has 1 rings (SSSR count). The molecule has 0 bridgehead atoms. The van der Waals surface area contributed by atoms with Crippen molar-refractivity contribution in [2.75, 3.05) is 0 Å². The molecule has 0 unspecified atom stereocenters. The van der Waals surface area contributed by atoms with E-state index in [9.17, 15) is 0 Å². The van der Waals surface area contributed by atoms with Gasteiger partial charge < -0.3 is 5.73 Å². The van der Waals surface area contributed by atoms with Crippen LogP contribution in [-0.4, -0.2) is 0 Å². The molecule has 0 aliphatic rings. The average Bonchev–Trinajstić information content (AvgIpc) is 1.95. The van der Waals surface area contributed by atoms with Crippen LogP contribution in [0.2, 0.25) is 0 Å². The molecular formula is C9H12NY-. The zero-order chi connectivity index (χ0) is 7.40. The van der Waals surface area contributed by atoms with Gasteiger partial charge in [0.1, 0.15) is 0 Å². The third-order valence-corrected chi connectivity index (χ3v) is 1.47. The minimum absolute atomic E-state index is 0. The molecule has 1 radical (unpaired) electrons. The zero-order valence-corrected chi connectivity index (χ0v) is 9.59. The monoisotopic (exact) mass is 223 g/mol. The summed E-state index contributed by atoms with van der Waals surface area (Å²) in [7, 11) is 0. The largest absolute Gasteiger partial charge is 0.483 e. The molecule has 0 fully saturated rings. The van der Waals surface area contributed by atoms with Crippen molar-refractivity contribution in [2.24, 2.45) is 5.73 Å². The molecule has 0 aromatic heterocycles. The summed E-state index contributed by atoms with van der Waals surface area (Å²) in [5.74, 6) is 0. The van der Waals surface area contributed by atoms with E-state index in [2.05, 4.69) is 31.2 Å². The second-order valence-electron chi connectivity index (χ2n) is 2.43. The molecule has 0 aliphatic heterocycles. The molecule has 0 amide bonds. The predicted molar refractivity (Wildman–Crippen MR) is 43.4 cm³/mol. The molecule has 1 aromatic carbocycles. The second-order valence-corrected chi connectivity index (χ2v) is 2.43. The van der Waals surface area contributed by atoms with Gasteiger partial charge in [-0.3, -0.25) is 6.54 Å². The predicted octanol–water partition coefficient (Wildman–Crippen LogP) is 1.66. The SMILES string of the molecule is Cc1ccc(C[CH-]N)cc1.[Y]. The summed E-state index contributed by atoms with van der Waals surface area (Å²) >= 11 is 0. The van der Waals surface area contributed by atoms with Gasteiger partial charge in [0.2, 0.25) is 0 Å². The number of hydrogen-bond donors (Lipinski definition) is 1. The van der Waals surface area contributed by atoms with E-state index in [1.165, 1.54) is 11.1 Å². The first-order valence-corrected chi connectivity index (χ1v) is 3.42. The van der Waals surface area contributed by atoms with Crippen LogP contribution < -0.4 is 5.73 Å². The number of benzene rings is 1.